The second-order valence-corrected chi connectivity index (χ2v) is 4.45. The molecule has 0 radical (unpaired) electrons. The van der Waals surface area contributed by atoms with E-state index in [-0.39, 0.29) is 5.82 Å². The highest BCUT2D eigenvalue weighted by atomic mass is 16.3. The summed E-state index contributed by atoms with van der Waals surface area (Å²) in [7, 11) is 0. The number of aryl methyl sites for hydroxylation is 1. The predicted molar refractivity (Wildman–Crippen MR) is 79.5 cm³/mol. The van der Waals surface area contributed by atoms with Gasteiger partial charge in [-0.3, -0.25) is 9.59 Å². The van der Waals surface area contributed by atoms with E-state index < -0.39 is 17.6 Å². The molecule has 2 rings (SSSR count). The van der Waals surface area contributed by atoms with Crippen molar-refractivity contribution in [3.05, 3.63) is 54.1 Å². The first-order valence-corrected chi connectivity index (χ1v) is 6.50. The van der Waals surface area contributed by atoms with Crippen LogP contribution in [0.25, 0.3) is 6.08 Å². The van der Waals surface area contributed by atoms with E-state index in [0.717, 1.165) is 6.08 Å². The van der Waals surface area contributed by atoms with Crippen LogP contribution in [-0.4, -0.2) is 16.7 Å². The lowest BCUT2D eigenvalue weighted by molar-refractivity contribution is -0.126. The Labute approximate surface area is 127 Å². The molecule has 0 unspecified atom stereocenters. The van der Waals surface area contributed by atoms with Crippen LogP contribution >= 0.6 is 0 Å². The zero-order chi connectivity index (χ0) is 15.9. The third-order valence-corrected chi connectivity index (χ3v) is 2.76. The van der Waals surface area contributed by atoms with Gasteiger partial charge in [0.2, 0.25) is 0 Å². The summed E-state index contributed by atoms with van der Waals surface area (Å²) in [6.45, 7) is 1.78. The van der Waals surface area contributed by atoms with Gasteiger partial charge in [0.25, 0.3) is 5.91 Å². The summed E-state index contributed by atoms with van der Waals surface area (Å²) in [5.74, 6) is -1.30. The Bertz CT molecular complexity index is 741. The minimum absolute atomic E-state index is 0.284. The molecule has 0 aliphatic carbocycles. The Morgan fingerprint density at radius 2 is 2.18 bits per heavy atom. The van der Waals surface area contributed by atoms with Crippen molar-refractivity contribution in [1.29, 1.82) is 5.26 Å². The number of rotatable bonds is 5. The van der Waals surface area contributed by atoms with E-state index in [9.17, 15) is 9.59 Å². The standard InChI is InChI=1S/C16H13N3O3/c1-11-5-6-12(22-11)7-8-14(20)13(10-17)16(21)19-15-4-2-3-9-18-15/h2-9,13H,1H3,(H,18,19,21)/b8-7-/t13-/m1/s1. The number of carbonyl (C=O) groups excluding carboxylic acids is 2. The van der Waals surface area contributed by atoms with Crippen molar-refractivity contribution in [2.24, 2.45) is 5.92 Å². The van der Waals surface area contributed by atoms with E-state index in [4.69, 9.17) is 9.68 Å². The molecule has 1 amide bonds. The number of hydrogen-bond donors (Lipinski definition) is 1. The molecule has 0 spiro atoms. The zero-order valence-electron chi connectivity index (χ0n) is 11.8. The largest absolute Gasteiger partial charge is 0.462 e. The molecule has 0 saturated heterocycles. The van der Waals surface area contributed by atoms with Crippen LogP contribution < -0.4 is 5.32 Å². The number of pyridine rings is 1. The Balaban J connectivity index is 2.04. The quantitative estimate of drug-likeness (QED) is 0.674. The van der Waals surface area contributed by atoms with E-state index in [1.54, 1.807) is 43.3 Å². The van der Waals surface area contributed by atoms with Gasteiger partial charge >= 0.3 is 0 Å². The highest BCUT2D eigenvalue weighted by Gasteiger charge is 2.24. The minimum Gasteiger partial charge on any atom is -0.462 e. The molecule has 1 atom stereocenters. The van der Waals surface area contributed by atoms with Crippen molar-refractivity contribution in [2.45, 2.75) is 6.92 Å². The molecule has 6 nitrogen and oxygen atoms in total. The number of ketones is 1. The minimum atomic E-state index is -1.44. The third kappa shape index (κ3) is 3.90. The molecular formula is C16H13N3O3. The fraction of sp³-hybridized carbons (Fsp3) is 0.125. The molecule has 110 valence electrons. The highest BCUT2D eigenvalue weighted by molar-refractivity contribution is 6.13. The lowest BCUT2D eigenvalue weighted by Gasteiger charge is -2.06. The second-order valence-electron chi connectivity index (χ2n) is 4.45. The smallest absolute Gasteiger partial charge is 0.250 e. The van der Waals surface area contributed by atoms with Gasteiger partial charge in [-0.1, -0.05) is 6.07 Å². The van der Waals surface area contributed by atoms with Crippen molar-refractivity contribution in [1.82, 2.24) is 4.98 Å². The molecule has 0 aromatic carbocycles. The average Bonchev–Trinajstić information content (AvgIpc) is 2.92. The summed E-state index contributed by atoms with van der Waals surface area (Å²) in [5, 5.41) is 11.5. The van der Waals surface area contributed by atoms with Gasteiger partial charge < -0.3 is 9.73 Å². The second kappa shape index (κ2) is 6.99. The SMILES string of the molecule is Cc1ccc(/C=C\C(=O)[C@@H](C#N)C(=O)Nc2ccccn2)o1. The number of nitriles is 1. The number of anilines is 1. The molecule has 1 N–H and O–H groups in total. The molecule has 0 saturated carbocycles. The van der Waals surface area contributed by atoms with Crippen LogP contribution in [-0.2, 0) is 9.59 Å². The Kier molecular flexibility index (Phi) is 4.83. The van der Waals surface area contributed by atoms with Crippen molar-refractivity contribution >= 4 is 23.6 Å². The Hall–Kier alpha value is -3.20. The topological polar surface area (TPSA) is 96.0 Å². The highest BCUT2D eigenvalue weighted by Crippen LogP contribution is 2.10. The van der Waals surface area contributed by atoms with Crippen LogP contribution in [0.4, 0.5) is 5.82 Å². The summed E-state index contributed by atoms with van der Waals surface area (Å²) in [6.07, 6.45) is 4.08. The van der Waals surface area contributed by atoms with Crippen LogP contribution in [0.5, 0.6) is 0 Å². The lowest BCUT2D eigenvalue weighted by atomic mass is 10.0. The number of aromatic nitrogens is 1. The van der Waals surface area contributed by atoms with Crippen LogP contribution in [0.1, 0.15) is 11.5 Å². The number of hydrogen-bond acceptors (Lipinski definition) is 5. The van der Waals surface area contributed by atoms with Crippen LogP contribution in [0.2, 0.25) is 0 Å². The van der Waals surface area contributed by atoms with Gasteiger partial charge in [-0.2, -0.15) is 5.26 Å². The first kappa shape index (κ1) is 15.2. The summed E-state index contributed by atoms with van der Waals surface area (Å²) >= 11 is 0. The molecule has 0 aliphatic heterocycles. The first-order chi connectivity index (χ1) is 10.6. The molecule has 0 bridgehead atoms. The van der Waals surface area contributed by atoms with Gasteiger partial charge in [0.05, 0.1) is 6.07 Å². The first-order valence-electron chi connectivity index (χ1n) is 6.50. The normalized spacial score (nSPS) is 11.8. The number of nitrogens with one attached hydrogen (secondary N) is 1. The van der Waals surface area contributed by atoms with Crippen molar-refractivity contribution < 1.29 is 14.0 Å². The van der Waals surface area contributed by atoms with Crippen molar-refractivity contribution in [3.63, 3.8) is 0 Å². The van der Waals surface area contributed by atoms with Gasteiger partial charge in [-0.25, -0.2) is 4.98 Å². The van der Waals surface area contributed by atoms with E-state index in [0.29, 0.717) is 11.5 Å². The maximum absolute atomic E-state index is 12.0. The monoisotopic (exact) mass is 295 g/mol. The maximum Gasteiger partial charge on any atom is 0.250 e. The van der Waals surface area contributed by atoms with Crippen LogP contribution in [0.3, 0.4) is 0 Å². The number of carbonyl (C=O) groups is 2. The molecule has 2 aromatic rings. The summed E-state index contributed by atoms with van der Waals surface area (Å²) in [5.41, 5.74) is 0. The average molecular weight is 295 g/mol. The maximum atomic E-state index is 12.0. The lowest BCUT2D eigenvalue weighted by Crippen LogP contribution is -2.27. The number of furan rings is 1. The fourth-order valence-corrected chi connectivity index (χ4v) is 1.69. The number of nitrogens with zero attached hydrogens (tertiary/aromatic N) is 2. The molecule has 2 aromatic heterocycles. The molecule has 2 heterocycles. The Morgan fingerprint density at radius 3 is 2.77 bits per heavy atom. The molecule has 6 heteroatoms. The number of allylic oxidation sites excluding steroid dienone is 1. The van der Waals surface area contributed by atoms with E-state index >= 15 is 0 Å². The van der Waals surface area contributed by atoms with E-state index in [1.165, 1.54) is 12.3 Å². The summed E-state index contributed by atoms with van der Waals surface area (Å²) < 4.78 is 5.27. The van der Waals surface area contributed by atoms with Crippen LogP contribution in [0.15, 0.2) is 47.0 Å². The molecule has 0 aliphatic rings. The molecular weight excluding hydrogens is 282 g/mol. The van der Waals surface area contributed by atoms with Gasteiger partial charge in [0.15, 0.2) is 11.7 Å². The fourth-order valence-electron chi connectivity index (χ4n) is 1.69. The third-order valence-electron chi connectivity index (χ3n) is 2.76. The van der Waals surface area contributed by atoms with E-state index in [2.05, 4.69) is 10.3 Å². The molecule has 22 heavy (non-hydrogen) atoms. The van der Waals surface area contributed by atoms with Crippen LogP contribution in [0, 0.1) is 24.2 Å². The molecule has 0 fully saturated rings. The van der Waals surface area contributed by atoms with Gasteiger partial charge in [0.1, 0.15) is 17.3 Å². The van der Waals surface area contributed by atoms with Gasteiger partial charge in [0, 0.05) is 6.20 Å². The summed E-state index contributed by atoms with van der Waals surface area (Å²) in [6, 6.07) is 10.1. The van der Waals surface area contributed by atoms with E-state index in [1.807, 2.05) is 0 Å². The summed E-state index contributed by atoms with van der Waals surface area (Å²) in [4.78, 5) is 27.8. The van der Waals surface area contributed by atoms with Crippen molar-refractivity contribution in [3.8, 4) is 6.07 Å². The number of amides is 1. The predicted octanol–water partition coefficient (Wildman–Crippen LogP) is 2.34. The Morgan fingerprint density at radius 1 is 1.36 bits per heavy atom. The zero-order valence-corrected chi connectivity index (χ0v) is 11.8. The van der Waals surface area contributed by atoms with Crippen molar-refractivity contribution in [2.75, 3.05) is 5.32 Å². The van der Waals surface area contributed by atoms with Gasteiger partial charge in [-0.05, 0) is 43.3 Å². The van der Waals surface area contributed by atoms with Gasteiger partial charge in [-0.15, -0.1) is 0 Å².